The number of carbonyl (C=O) groups is 1. The number of hydrogen-bond acceptors (Lipinski definition) is 4. The quantitative estimate of drug-likeness (QED) is 0.739. The van der Waals surface area contributed by atoms with Gasteiger partial charge in [0.2, 0.25) is 5.91 Å². The Morgan fingerprint density at radius 1 is 1.67 bits per heavy atom. The van der Waals surface area contributed by atoms with Gasteiger partial charge in [-0.2, -0.15) is 17.7 Å². The molecule has 0 aromatic carbocycles. The third-order valence-corrected chi connectivity index (χ3v) is 3.94. The minimum Gasteiger partial charge on any atom is -0.383 e. The van der Waals surface area contributed by atoms with Gasteiger partial charge in [-0.25, -0.2) is 0 Å². The fraction of sp³-hybridized carbons (Fsp3) is 0.667. The lowest BCUT2D eigenvalue weighted by Crippen LogP contribution is -2.18. The lowest BCUT2D eigenvalue weighted by Gasteiger charge is -2.10. The number of ether oxygens (including phenoxy) is 1. The van der Waals surface area contributed by atoms with Gasteiger partial charge >= 0.3 is 0 Å². The Hall–Kier alpha value is -1.01. The van der Waals surface area contributed by atoms with E-state index in [9.17, 15) is 4.79 Å². The van der Waals surface area contributed by atoms with Crippen molar-refractivity contribution < 1.29 is 9.53 Å². The third kappa shape index (κ3) is 3.49. The van der Waals surface area contributed by atoms with Crippen molar-refractivity contribution in [3.8, 4) is 0 Å². The van der Waals surface area contributed by atoms with E-state index in [-0.39, 0.29) is 11.3 Å². The number of methoxy groups -OCH3 is 1. The van der Waals surface area contributed by atoms with E-state index >= 15 is 0 Å². The van der Waals surface area contributed by atoms with Gasteiger partial charge in [-0.15, -0.1) is 0 Å². The smallest absolute Gasteiger partial charge is 0.225 e. The molecule has 2 rings (SSSR count). The minimum absolute atomic E-state index is 0.0489. The molecule has 0 saturated heterocycles. The summed E-state index contributed by atoms with van der Waals surface area (Å²) in [5, 5.41) is 7.02. The number of anilines is 1. The molecule has 1 aliphatic carbocycles. The van der Waals surface area contributed by atoms with Gasteiger partial charge in [-0.3, -0.25) is 9.48 Å². The van der Waals surface area contributed by atoms with Gasteiger partial charge in [0.25, 0.3) is 0 Å². The van der Waals surface area contributed by atoms with E-state index in [0.29, 0.717) is 19.6 Å². The topological polar surface area (TPSA) is 56.1 Å². The van der Waals surface area contributed by atoms with Crippen LogP contribution < -0.4 is 5.32 Å². The highest BCUT2D eigenvalue weighted by atomic mass is 32.1. The summed E-state index contributed by atoms with van der Waals surface area (Å²) in [5.74, 6) is 0.834. The van der Waals surface area contributed by atoms with Crippen LogP contribution in [0.1, 0.15) is 19.3 Å². The van der Waals surface area contributed by atoms with Crippen molar-refractivity contribution in [2.75, 3.05) is 24.8 Å². The molecular weight excluding hydrogens is 250 g/mol. The summed E-state index contributed by atoms with van der Waals surface area (Å²) in [6.45, 7) is 1.30. The molecule has 1 N–H and O–H groups in total. The summed E-state index contributed by atoms with van der Waals surface area (Å²) in [6.07, 6.45) is 6.25. The first-order valence-corrected chi connectivity index (χ1v) is 6.73. The molecule has 1 aliphatic rings. The van der Waals surface area contributed by atoms with Crippen LogP contribution in [0.2, 0.25) is 0 Å². The zero-order chi connectivity index (χ0) is 13.0. The van der Waals surface area contributed by atoms with Gasteiger partial charge in [0.05, 0.1) is 25.0 Å². The van der Waals surface area contributed by atoms with Crippen LogP contribution in [0.3, 0.4) is 0 Å². The van der Waals surface area contributed by atoms with Crippen molar-refractivity contribution >= 4 is 24.2 Å². The number of nitrogens with zero attached hydrogens (tertiary/aromatic N) is 2. The SMILES string of the molecule is COCCn1cc(NC(=O)CC2(CS)CC2)cn1. The number of aromatic nitrogens is 2. The highest BCUT2D eigenvalue weighted by Crippen LogP contribution is 2.49. The molecule has 18 heavy (non-hydrogen) atoms. The number of rotatable bonds is 7. The summed E-state index contributed by atoms with van der Waals surface area (Å²) < 4.78 is 6.72. The molecule has 1 aromatic rings. The average molecular weight is 269 g/mol. The van der Waals surface area contributed by atoms with Crippen molar-refractivity contribution in [3.63, 3.8) is 0 Å². The first-order chi connectivity index (χ1) is 8.67. The molecular formula is C12H19N3O2S. The molecule has 1 heterocycles. The van der Waals surface area contributed by atoms with Crippen LogP contribution in [0.4, 0.5) is 5.69 Å². The van der Waals surface area contributed by atoms with E-state index in [1.54, 1.807) is 18.0 Å². The number of amides is 1. The molecule has 1 aromatic heterocycles. The molecule has 100 valence electrons. The minimum atomic E-state index is 0.0489. The number of hydrogen-bond donors (Lipinski definition) is 2. The fourth-order valence-electron chi connectivity index (χ4n) is 1.85. The van der Waals surface area contributed by atoms with Crippen molar-refractivity contribution in [2.45, 2.75) is 25.8 Å². The standard InChI is InChI=1S/C12H19N3O2S/c1-17-5-4-15-8-10(7-13-15)14-11(16)6-12(9-18)2-3-12/h7-8,18H,2-6,9H2,1H3,(H,14,16). The van der Waals surface area contributed by atoms with Crippen LogP contribution in [-0.2, 0) is 16.1 Å². The predicted molar refractivity (Wildman–Crippen MR) is 72.9 cm³/mol. The van der Waals surface area contributed by atoms with Crippen LogP contribution in [0, 0.1) is 5.41 Å². The Morgan fingerprint density at radius 3 is 3.06 bits per heavy atom. The lowest BCUT2D eigenvalue weighted by atomic mass is 10.1. The van der Waals surface area contributed by atoms with Gasteiger partial charge in [-0.1, -0.05) is 0 Å². The predicted octanol–water partition coefficient (Wildman–Crippen LogP) is 1.57. The number of thiol groups is 1. The number of carbonyl (C=O) groups excluding carboxylic acids is 1. The highest BCUT2D eigenvalue weighted by molar-refractivity contribution is 7.80. The summed E-state index contributed by atoms with van der Waals surface area (Å²) >= 11 is 4.30. The van der Waals surface area contributed by atoms with Gasteiger partial charge in [0.15, 0.2) is 0 Å². The monoisotopic (exact) mass is 269 g/mol. The second-order valence-electron chi connectivity index (χ2n) is 4.87. The molecule has 0 bridgehead atoms. The first-order valence-electron chi connectivity index (χ1n) is 6.10. The molecule has 0 atom stereocenters. The zero-order valence-electron chi connectivity index (χ0n) is 10.6. The molecule has 5 nitrogen and oxygen atoms in total. The Kier molecular flexibility index (Phi) is 4.29. The lowest BCUT2D eigenvalue weighted by molar-refractivity contribution is -0.117. The molecule has 0 unspecified atom stereocenters. The zero-order valence-corrected chi connectivity index (χ0v) is 11.4. The summed E-state index contributed by atoms with van der Waals surface area (Å²) in [4.78, 5) is 11.8. The van der Waals surface area contributed by atoms with Crippen LogP contribution in [0.25, 0.3) is 0 Å². The van der Waals surface area contributed by atoms with E-state index in [1.807, 2.05) is 6.20 Å². The van der Waals surface area contributed by atoms with Crippen LogP contribution in [0.5, 0.6) is 0 Å². The van der Waals surface area contributed by atoms with E-state index in [4.69, 9.17) is 4.74 Å². The third-order valence-electron chi connectivity index (χ3n) is 3.27. The van der Waals surface area contributed by atoms with Crippen molar-refractivity contribution in [2.24, 2.45) is 5.41 Å². The van der Waals surface area contributed by atoms with Gasteiger partial charge in [0, 0.05) is 19.7 Å². The molecule has 1 fully saturated rings. The van der Waals surface area contributed by atoms with Crippen molar-refractivity contribution in [1.82, 2.24) is 9.78 Å². The second-order valence-corrected chi connectivity index (χ2v) is 5.18. The summed E-state index contributed by atoms with van der Waals surface area (Å²) in [5.41, 5.74) is 0.894. The van der Waals surface area contributed by atoms with Crippen molar-refractivity contribution in [1.29, 1.82) is 0 Å². The maximum absolute atomic E-state index is 11.8. The second kappa shape index (κ2) is 5.75. The molecule has 1 amide bonds. The molecule has 0 spiro atoms. The van der Waals surface area contributed by atoms with E-state index in [0.717, 1.165) is 24.3 Å². The Bertz CT molecular complexity index is 415. The molecule has 0 aliphatic heterocycles. The van der Waals surface area contributed by atoms with Gasteiger partial charge < -0.3 is 10.1 Å². The first kappa shape index (κ1) is 13.4. The Labute approximate surface area is 112 Å². The molecule has 0 radical (unpaired) electrons. The van der Waals surface area contributed by atoms with E-state index < -0.39 is 0 Å². The van der Waals surface area contributed by atoms with Crippen molar-refractivity contribution in [3.05, 3.63) is 12.4 Å². The van der Waals surface area contributed by atoms with Gasteiger partial charge in [-0.05, 0) is 24.0 Å². The normalized spacial score (nSPS) is 16.6. The highest BCUT2D eigenvalue weighted by Gasteiger charge is 2.42. The maximum atomic E-state index is 11.8. The fourth-order valence-corrected chi connectivity index (χ4v) is 2.28. The largest absolute Gasteiger partial charge is 0.383 e. The average Bonchev–Trinajstić information content (AvgIpc) is 2.98. The summed E-state index contributed by atoms with van der Waals surface area (Å²) in [7, 11) is 1.65. The molecule has 6 heteroatoms. The number of nitrogens with one attached hydrogen (secondary N) is 1. The Morgan fingerprint density at radius 2 is 2.44 bits per heavy atom. The van der Waals surface area contributed by atoms with Crippen LogP contribution in [0.15, 0.2) is 12.4 Å². The van der Waals surface area contributed by atoms with Crippen LogP contribution in [-0.4, -0.2) is 35.2 Å². The van der Waals surface area contributed by atoms with E-state index in [2.05, 4.69) is 23.0 Å². The summed E-state index contributed by atoms with van der Waals surface area (Å²) in [6, 6.07) is 0. The van der Waals surface area contributed by atoms with Gasteiger partial charge in [0.1, 0.15) is 0 Å². The Balaban J connectivity index is 1.81. The van der Waals surface area contributed by atoms with E-state index in [1.165, 1.54) is 0 Å². The maximum Gasteiger partial charge on any atom is 0.225 e. The molecule has 1 saturated carbocycles. The van der Waals surface area contributed by atoms with Crippen LogP contribution >= 0.6 is 12.6 Å².